The molecular formula is C21H28N2O4. The van der Waals surface area contributed by atoms with Crippen LogP contribution in [0.2, 0.25) is 0 Å². The first-order valence-electron chi connectivity index (χ1n) is 10.1. The van der Waals surface area contributed by atoms with Crippen LogP contribution in [-0.4, -0.2) is 28.2 Å². The molecule has 2 aliphatic rings. The van der Waals surface area contributed by atoms with Crippen molar-refractivity contribution in [1.29, 1.82) is 0 Å². The van der Waals surface area contributed by atoms with Crippen molar-refractivity contribution in [2.75, 3.05) is 6.54 Å². The number of non-ortho nitro benzene ring substituents is 1. The van der Waals surface area contributed by atoms with Crippen molar-refractivity contribution in [2.45, 2.75) is 70.1 Å². The van der Waals surface area contributed by atoms with Crippen LogP contribution in [-0.2, 0) is 15.0 Å². The molecule has 1 aromatic rings. The van der Waals surface area contributed by atoms with Crippen LogP contribution in [0, 0.1) is 16.0 Å². The molecule has 0 spiro atoms. The lowest BCUT2D eigenvalue weighted by Gasteiger charge is -2.19. The van der Waals surface area contributed by atoms with Gasteiger partial charge in [-0.1, -0.05) is 64.0 Å². The molecule has 0 aromatic heterocycles. The smallest absolute Gasteiger partial charge is 0.269 e. The summed E-state index contributed by atoms with van der Waals surface area (Å²) in [4.78, 5) is 37.2. The van der Waals surface area contributed by atoms with E-state index in [0.29, 0.717) is 13.0 Å². The molecular weight excluding hydrogens is 344 g/mol. The number of carbonyl (C=O) groups excluding carboxylic acids is 2. The number of piperidine rings is 1. The van der Waals surface area contributed by atoms with E-state index in [1.807, 2.05) is 0 Å². The van der Waals surface area contributed by atoms with Crippen LogP contribution in [0.25, 0.3) is 0 Å². The quantitative estimate of drug-likeness (QED) is 0.250. The molecule has 2 unspecified atom stereocenters. The molecule has 146 valence electrons. The second-order valence-corrected chi connectivity index (χ2v) is 7.80. The van der Waals surface area contributed by atoms with E-state index < -0.39 is 10.3 Å². The van der Waals surface area contributed by atoms with Crippen molar-refractivity contribution in [3.63, 3.8) is 0 Å². The molecule has 3 rings (SSSR count). The maximum Gasteiger partial charge on any atom is 0.269 e. The topological polar surface area (TPSA) is 80.5 Å². The van der Waals surface area contributed by atoms with Crippen LogP contribution < -0.4 is 0 Å². The Morgan fingerprint density at radius 1 is 1.04 bits per heavy atom. The number of rotatable bonds is 11. The van der Waals surface area contributed by atoms with Gasteiger partial charge in [-0.2, -0.15) is 0 Å². The standard InChI is InChI=1S/C21H28N2O4/c1-2-3-4-5-6-7-8-9-14-22-19(24)18-15-21(18,20(22)25)16-10-12-17(13-11-16)23(26)27/h10-13,18H,2-9,14-15H2,1H3. The number of imide groups is 1. The van der Waals surface area contributed by atoms with Gasteiger partial charge in [0.25, 0.3) is 5.69 Å². The Hall–Kier alpha value is -2.24. The van der Waals surface area contributed by atoms with Crippen LogP contribution in [0.1, 0.15) is 70.3 Å². The molecule has 2 atom stereocenters. The van der Waals surface area contributed by atoms with E-state index in [4.69, 9.17) is 0 Å². The number of unbranched alkanes of at least 4 members (excludes halogenated alkanes) is 7. The zero-order chi connectivity index (χ0) is 19.4. The summed E-state index contributed by atoms with van der Waals surface area (Å²) in [5.74, 6) is -0.462. The van der Waals surface area contributed by atoms with Gasteiger partial charge in [0.2, 0.25) is 11.8 Å². The molecule has 1 aliphatic carbocycles. The first kappa shape index (κ1) is 19.5. The summed E-state index contributed by atoms with van der Waals surface area (Å²) in [6.45, 7) is 2.70. The number of hydrogen-bond donors (Lipinski definition) is 0. The van der Waals surface area contributed by atoms with Crippen LogP contribution in [0.3, 0.4) is 0 Å². The highest BCUT2D eigenvalue weighted by Gasteiger charge is 2.72. The maximum absolute atomic E-state index is 12.9. The fourth-order valence-corrected chi connectivity index (χ4v) is 4.27. The van der Waals surface area contributed by atoms with Gasteiger partial charge in [0.05, 0.1) is 16.3 Å². The fourth-order valence-electron chi connectivity index (χ4n) is 4.27. The van der Waals surface area contributed by atoms with E-state index in [1.165, 1.54) is 49.1 Å². The van der Waals surface area contributed by atoms with Crippen LogP contribution in [0.4, 0.5) is 5.69 Å². The van der Waals surface area contributed by atoms with Gasteiger partial charge < -0.3 is 0 Å². The van der Waals surface area contributed by atoms with E-state index in [2.05, 4.69) is 6.92 Å². The third kappa shape index (κ3) is 3.75. The minimum Gasteiger partial charge on any atom is -0.282 e. The molecule has 1 heterocycles. The lowest BCUT2D eigenvalue weighted by Crippen LogP contribution is -2.37. The van der Waals surface area contributed by atoms with Gasteiger partial charge in [0, 0.05) is 18.7 Å². The lowest BCUT2D eigenvalue weighted by molar-refractivity contribution is -0.384. The van der Waals surface area contributed by atoms with E-state index in [9.17, 15) is 19.7 Å². The van der Waals surface area contributed by atoms with Gasteiger partial charge >= 0.3 is 0 Å². The predicted octanol–water partition coefficient (Wildman–Crippen LogP) is 4.36. The number of amides is 2. The van der Waals surface area contributed by atoms with Gasteiger partial charge in [-0.25, -0.2) is 0 Å². The van der Waals surface area contributed by atoms with Gasteiger partial charge in [0.15, 0.2) is 0 Å². The van der Waals surface area contributed by atoms with Gasteiger partial charge in [0.1, 0.15) is 0 Å². The number of fused-ring (bicyclic) bond motifs is 1. The summed E-state index contributed by atoms with van der Waals surface area (Å²) >= 11 is 0. The Morgan fingerprint density at radius 2 is 1.63 bits per heavy atom. The summed E-state index contributed by atoms with van der Waals surface area (Å²) in [5.41, 5.74) is -0.0263. The second-order valence-electron chi connectivity index (χ2n) is 7.80. The van der Waals surface area contributed by atoms with Crippen molar-refractivity contribution in [3.8, 4) is 0 Å². The molecule has 0 bridgehead atoms. The van der Waals surface area contributed by atoms with E-state index in [0.717, 1.165) is 24.8 Å². The van der Waals surface area contributed by atoms with Crippen molar-refractivity contribution in [1.82, 2.24) is 4.90 Å². The Bertz CT molecular complexity index is 715. The third-order valence-electron chi connectivity index (χ3n) is 5.98. The number of nitro benzene ring substituents is 1. The summed E-state index contributed by atoms with van der Waals surface area (Å²) in [6, 6.07) is 6.09. The second kappa shape index (κ2) is 8.19. The Balaban J connectivity index is 1.51. The number of likely N-dealkylation sites (tertiary alicyclic amines) is 1. The first-order valence-corrected chi connectivity index (χ1v) is 10.1. The van der Waals surface area contributed by atoms with E-state index in [-0.39, 0.29) is 23.4 Å². The molecule has 1 aliphatic heterocycles. The number of benzene rings is 1. The SMILES string of the molecule is CCCCCCCCCCN1C(=O)C2CC2(c2ccc([N+](=O)[O-])cc2)C1=O. The van der Waals surface area contributed by atoms with Crippen LogP contribution >= 0.6 is 0 Å². The zero-order valence-electron chi connectivity index (χ0n) is 16.0. The van der Waals surface area contributed by atoms with Crippen molar-refractivity contribution in [3.05, 3.63) is 39.9 Å². The third-order valence-corrected chi connectivity index (χ3v) is 5.98. The van der Waals surface area contributed by atoms with E-state index in [1.54, 1.807) is 12.1 Å². The van der Waals surface area contributed by atoms with Crippen LogP contribution in [0.15, 0.2) is 24.3 Å². The monoisotopic (exact) mass is 372 g/mol. The Morgan fingerprint density at radius 3 is 2.22 bits per heavy atom. The maximum atomic E-state index is 12.9. The summed E-state index contributed by atoms with van der Waals surface area (Å²) < 4.78 is 0. The number of nitrogens with zero attached hydrogens (tertiary/aromatic N) is 2. The molecule has 27 heavy (non-hydrogen) atoms. The molecule has 6 nitrogen and oxygen atoms in total. The van der Waals surface area contributed by atoms with Crippen molar-refractivity contribution < 1.29 is 14.5 Å². The number of carbonyl (C=O) groups is 2. The van der Waals surface area contributed by atoms with Gasteiger partial charge in [-0.3, -0.25) is 24.6 Å². The highest BCUT2D eigenvalue weighted by Crippen LogP contribution is 2.60. The van der Waals surface area contributed by atoms with Crippen molar-refractivity contribution in [2.24, 2.45) is 5.92 Å². The average Bonchev–Trinajstić information content (AvgIpc) is 3.38. The van der Waals surface area contributed by atoms with Crippen LogP contribution in [0.5, 0.6) is 0 Å². The number of hydrogen-bond acceptors (Lipinski definition) is 4. The number of nitro groups is 1. The highest BCUT2D eigenvalue weighted by molar-refractivity contribution is 6.15. The van der Waals surface area contributed by atoms with E-state index >= 15 is 0 Å². The Labute approximate surface area is 160 Å². The molecule has 1 aromatic carbocycles. The molecule has 0 N–H and O–H groups in total. The highest BCUT2D eigenvalue weighted by atomic mass is 16.6. The first-order chi connectivity index (χ1) is 13.0. The molecule has 1 saturated heterocycles. The predicted molar refractivity (Wildman–Crippen MR) is 102 cm³/mol. The normalized spacial score (nSPS) is 23.6. The Kier molecular flexibility index (Phi) is 5.92. The minimum absolute atomic E-state index is 0.0000785. The molecule has 2 fully saturated rings. The minimum atomic E-state index is -0.758. The average molecular weight is 372 g/mol. The van der Waals surface area contributed by atoms with Gasteiger partial charge in [-0.15, -0.1) is 0 Å². The van der Waals surface area contributed by atoms with Gasteiger partial charge in [-0.05, 0) is 18.4 Å². The summed E-state index contributed by atoms with van der Waals surface area (Å²) in [5, 5.41) is 10.8. The summed E-state index contributed by atoms with van der Waals surface area (Å²) in [6.07, 6.45) is 9.90. The fraction of sp³-hybridized carbons (Fsp3) is 0.619. The van der Waals surface area contributed by atoms with Crippen molar-refractivity contribution >= 4 is 17.5 Å². The summed E-state index contributed by atoms with van der Waals surface area (Å²) in [7, 11) is 0. The molecule has 1 saturated carbocycles. The zero-order valence-corrected chi connectivity index (χ0v) is 16.0. The largest absolute Gasteiger partial charge is 0.282 e. The lowest BCUT2D eigenvalue weighted by atomic mass is 9.94. The molecule has 6 heteroatoms. The molecule has 0 radical (unpaired) electrons. The molecule has 2 amide bonds.